The number of hydrogen-bond donors (Lipinski definition) is 1. The molecule has 212 valence electrons. The van der Waals surface area contributed by atoms with Crippen LogP contribution in [0.1, 0.15) is 44.7 Å². The number of esters is 1. The van der Waals surface area contributed by atoms with Gasteiger partial charge < -0.3 is 24.6 Å². The average Bonchev–Trinajstić information content (AvgIpc) is 2.89. The first kappa shape index (κ1) is 29.8. The molecule has 1 aliphatic heterocycles. The van der Waals surface area contributed by atoms with Gasteiger partial charge in [-0.1, -0.05) is 36.4 Å². The molecule has 0 bridgehead atoms. The van der Waals surface area contributed by atoms with Crippen LogP contribution >= 0.6 is 0 Å². The van der Waals surface area contributed by atoms with Crippen LogP contribution in [0.25, 0.3) is 0 Å². The summed E-state index contributed by atoms with van der Waals surface area (Å²) in [6, 6.07) is 13.1. The molecule has 1 atom stereocenters. The van der Waals surface area contributed by atoms with Crippen LogP contribution in [0.15, 0.2) is 54.6 Å². The number of carbonyl (C=O) groups excluding carboxylic acids is 3. The number of amides is 2. The number of piperazine rings is 1. The van der Waals surface area contributed by atoms with Crippen molar-refractivity contribution in [3.63, 3.8) is 0 Å². The maximum Gasteiger partial charge on any atom is 0.416 e. The van der Waals surface area contributed by atoms with Gasteiger partial charge in [-0.2, -0.15) is 13.2 Å². The third-order valence-corrected chi connectivity index (χ3v) is 5.99. The summed E-state index contributed by atoms with van der Waals surface area (Å²) in [5.41, 5.74) is -0.242. The number of nitrogens with zero attached hydrogens (tertiary/aromatic N) is 2. The monoisotopic (exact) mass is 549 g/mol. The molecule has 0 saturated carbocycles. The van der Waals surface area contributed by atoms with E-state index >= 15 is 0 Å². The number of alkyl carbamates (subject to hydrolysis) is 1. The Morgan fingerprint density at radius 1 is 0.949 bits per heavy atom. The molecule has 1 N–H and O–H groups in total. The SMILES string of the molecule is CC(C)(C)OC(=O)CC[C@H](NC(=O)OCc1ccccc1)C(=O)N1CCN(c2cccc(C(F)(F)F)c2)CC1. The normalized spacial score (nSPS) is 14.9. The maximum atomic E-state index is 13.4. The molecule has 0 aromatic heterocycles. The fraction of sp³-hybridized carbons (Fsp3) is 0.464. The Morgan fingerprint density at radius 2 is 1.62 bits per heavy atom. The van der Waals surface area contributed by atoms with Gasteiger partial charge in [-0.15, -0.1) is 0 Å². The van der Waals surface area contributed by atoms with Crippen molar-refractivity contribution in [2.24, 2.45) is 0 Å². The first-order valence-corrected chi connectivity index (χ1v) is 12.7. The van der Waals surface area contributed by atoms with Gasteiger partial charge >= 0.3 is 18.2 Å². The summed E-state index contributed by atoms with van der Waals surface area (Å²) in [6.45, 7) is 6.30. The summed E-state index contributed by atoms with van der Waals surface area (Å²) >= 11 is 0. The Morgan fingerprint density at radius 3 is 2.23 bits per heavy atom. The second-order valence-corrected chi connectivity index (χ2v) is 10.2. The minimum Gasteiger partial charge on any atom is -0.460 e. The van der Waals surface area contributed by atoms with E-state index in [1.54, 1.807) is 43.9 Å². The number of nitrogens with one attached hydrogen (secondary N) is 1. The lowest BCUT2D eigenvalue weighted by Gasteiger charge is -2.37. The number of hydrogen-bond acceptors (Lipinski definition) is 6. The molecule has 2 amide bonds. The summed E-state index contributed by atoms with van der Waals surface area (Å²) in [7, 11) is 0. The first-order chi connectivity index (χ1) is 18.3. The Balaban J connectivity index is 1.62. The number of ether oxygens (including phenoxy) is 2. The number of anilines is 1. The fourth-order valence-corrected chi connectivity index (χ4v) is 4.10. The van der Waals surface area contributed by atoms with E-state index in [9.17, 15) is 27.6 Å². The van der Waals surface area contributed by atoms with Crippen LogP contribution < -0.4 is 10.2 Å². The van der Waals surface area contributed by atoms with Gasteiger partial charge in [0.05, 0.1) is 5.56 Å². The molecule has 3 rings (SSSR count). The van der Waals surface area contributed by atoms with Crippen molar-refractivity contribution in [1.82, 2.24) is 10.2 Å². The van der Waals surface area contributed by atoms with Crippen molar-refractivity contribution in [3.8, 4) is 0 Å². The van der Waals surface area contributed by atoms with E-state index in [0.717, 1.165) is 17.7 Å². The van der Waals surface area contributed by atoms with Crippen LogP contribution in [0.2, 0.25) is 0 Å². The van der Waals surface area contributed by atoms with Crippen molar-refractivity contribution in [1.29, 1.82) is 0 Å². The zero-order valence-corrected chi connectivity index (χ0v) is 22.3. The van der Waals surface area contributed by atoms with E-state index in [0.29, 0.717) is 18.8 Å². The molecular formula is C28H34F3N3O5. The highest BCUT2D eigenvalue weighted by Gasteiger charge is 2.33. The van der Waals surface area contributed by atoms with Gasteiger partial charge in [-0.05, 0) is 51.0 Å². The van der Waals surface area contributed by atoms with Gasteiger partial charge in [0.1, 0.15) is 18.2 Å². The molecule has 0 spiro atoms. The van der Waals surface area contributed by atoms with E-state index < -0.39 is 41.4 Å². The number of benzene rings is 2. The highest BCUT2D eigenvalue weighted by atomic mass is 19.4. The summed E-state index contributed by atoms with van der Waals surface area (Å²) in [5, 5.41) is 2.57. The molecule has 1 aliphatic rings. The van der Waals surface area contributed by atoms with Gasteiger partial charge in [0.2, 0.25) is 5.91 Å². The molecule has 39 heavy (non-hydrogen) atoms. The third-order valence-electron chi connectivity index (χ3n) is 5.99. The maximum absolute atomic E-state index is 13.4. The van der Waals surface area contributed by atoms with Crippen LogP contribution in [0.5, 0.6) is 0 Å². The number of carbonyl (C=O) groups is 3. The van der Waals surface area contributed by atoms with Crippen molar-refractivity contribution in [2.75, 3.05) is 31.1 Å². The summed E-state index contributed by atoms with van der Waals surface area (Å²) in [6.07, 6.45) is -5.35. The topological polar surface area (TPSA) is 88.2 Å². The molecule has 1 saturated heterocycles. The van der Waals surface area contributed by atoms with Crippen molar-refractivity contribution >= 4 is 23.7 Å². The molecular weight excluding hydrogens is 515 g/mol. The second-order valence-electron chi connectivity index (χ2n) is 10.2. The Bertz CT molecular complexity index is 1130. The quantitative estimate of drug-likeness (QED) is 0.478. The van der Waals surface area contributed by atoms with Crippen molar-refractivity contribution in [3.05, 3.63) is 65.7 Å². The summed E-state index contributed by atoms with van der Waals surface area (Å²) in [4.78, 5) is 41.5. The largest absolute Gasteiger partial charge is 0.460 e. The van der Waals surface area contributed by atoms with E-state index in [2.05, 4.69) is 5.32 Å². The minimum absolute atomic E-state index is 0.00201. The van der Waals surface area contributed by atoms with Gasteiger partial charge in [-0.3, -0.25) is 9.59 Å². The van der Waals surface area contributed by atoms with E-state index in [-0.39, 0.29) is 32.5 Å². The molecule has 0 radical (unpaired) electrons. The van der Waals surface area contributed by atoms with Gasteiger partial charge in [0.25, 0.3) is 0 Å². The molecule has 2 aromatic rings. The second kappa shape index (κ2) is 12.9. The number of halogens is 3. The van der Waals surface area contributed by atoms with Gasteiger partial charge in [-0.25, -0.2) is 4.79 Å². The molecule has 0 unspecified atom stereocenters. The van der Waals surface area contributed by atoms with Crippen molar-refractivity contribution in [2.45, 2.75) is 58.0 Å². The molecule has 0 aliphatic carbocycles. The fourth-order valence-electron chi connectivity index (χ4n) is 4.10. The predicted molar refractivity (Wildman–Crippen MR) is 139 cm³/mol. The predicted octanol–water partition coefficient (Wildman–Crippen LogP) is 4.77. The van der Waals surface area contributed by atoms with Crippen LogP contribution in [-0.2, 0) is 31.8 Å². The van der Waals surface area contributed by atoms with E-state index in [1.165, 1.54) is 11.0 Å². The molecule has 11 heteroatoms. The Labute approximate surface area is 226 Å². The highest BCUT2D eigenvalue weighted by Crippen LogP contribution is 2.32. The van der Waals surface area contributed by atoms with Crippen LogP contribution in [0.3, 0.4) is 0 Å². The van der Waals surface area contributed by atoms with E-state index in [1.807, 2.05) is 18.2 Å². The molecule has 1 heterocycles. The van der Waals surface area contributed by atoms with E-state index in [4.69, 9.17) is 9.47 Å². The highest BCUT2D eigenvalue weighted by molar-refractivity contribution is 5.86. The Kier molecular flexibility index (Phi) is 9.82. The van der Waals surface area contributed by atoms with Crippen LogP contribution in [0, 0.1) is 0 Å². The first-order valence-electron chi connectivity index (χ1n) is 12.7. The molecule has 8 nitrogen and oxygen atoms in total. The minimum atomic E-state index is -4.45. The number of rotatable bonds is 8. The summed E-state index contributed by atoms with van der Waals surface area (Å²) in [5.74, 6) is -0.909. The van der Waals surface area contributed by atoms with Crippen LogP contribution in [0.4, 0.5) is 23.7 Å². The zero-order chi connectivity index (χ0) is 28.6. The molecule has 1 fully saturated rings. The third kappa shape index (κ3) is 9.49. The Hall–Kier alpha value is -3.76. The lowest BCUT2D eigenvalue weighted by molar-refractivity contribution is -0.155. The summed E-state index contributed by atoms with van der Waals surface area (Å²) < 4.78 is 49.9. The standard InChI is InChI=1S/C28H34F3N3O5/c1-27(2,3)39-24(35)13-12-23(32-26(37)38-19-20-8-5-4-6-9-20)25(36)34-16-14-33(15-17-34)22-11-7-10-21(18-22)28(29,30)31/h4-11,18,23H,12-17,19H2,1-3H3,(H,32,37)/t23-/m0/s1. The van der Waals surface area contributed by atoms with Gasteiger partial charge in [0.15, 0.2) is 0 Å². The lowest BCUT2D eigenvalue weighted by atomic mass is 10.1. The zero-order valence-electron chi connectivity index (χ0n) is 22.3. The molecule has 2 aromatic carbocycles. The average molecular weight is 550 g/mol. The smallest absolute Gasteiger partial charge is 0.416 e. The van der Waals surface area contributed by atoms with Crippen molar-refractivity contribution < 1.29 is 37.0 Å². The van der Waals surface area contributed by atoms with Crippen LogP contribution in [-0.4, -0.2) is 60.7 Å². The lowest BCUT2D eigenvalue weighted by Crippen LogP contribution is -2.55. The van der Waals surface area contributed by atoms with Gasteiger partial charge in [0, 0.05) is 38.3 Å². The number of alkyl halides is 3.